The molecule has 92 valence electrons. The van der Waals surface area contributed by atoms with Gasteiger partial charge in [-0.2, -0.15) is 0 Å². The number of aryl methyl sites for hydroxylation is 2. The number of nitrogens with zero attached hydrogens (tertiary/aromatic N) is 1. The molecule has 0 bridgehead atoms. The Hall–Kier alpha value is -0.920. The Bertz CT molecular complexity index is 433. The number of rotatable bonds is 5. The molecule has 0 aliphatic heterocycles. The van der Waals surface area contributed by atoms with Gasteiger partial charge in [-0.3, -0.25) is 0 Å². The Balaban J connectivity index is 2.87. The molecular weight excluding hydrogens is 230 g/mol. The lowest BCUT2D eigenvalue weighted by atomic mass is 10.2. The minimum atomic E-state index is -3.57. The molecule has 1 heterocycles. The van der Waals surface area contributed by atoms with Gasteiger partial charge in [0, 0.05) is 12.6 Å². The van der Waals surface area contributed by atoms with Crippen LogP contribution in [0, 0.1) is 13.8 Å². The number of aromatic nitrogens is 1. The van der Waals surface area contributed by atoms with Gasteiger partial charge in [0.15, 0.2) is 5.76 Å². The van der Waals surface area contributed by atoms with E-state index in [4.69, 9.17) is 10.3 Å². The molecule has 0 amide bonds. The van der Waals surface area contributed by atoms with E-state index in [0.29, 0.717) is 12.1 Å². The molecule has 6 nitrogen and oxygen atoms in total. The van der Waals surface area contributed by atoms with E-state index >= 15 is 0 Å². The molecule has 0 aliphatic carbocycles. The highest BCUT2D eigenvalue weighted by molar-refractivity contribution is 7.89. The maximum atomic E-state index is 11.9. The van der Waals surface area contributed by atoms with Crippen molar-refractivity contribution < 1.29 is 12.9 Å². The van der Waals surface area contributed by atoms with Gasteiger partial charge in [-0.25, -0.2) is 13.1 Å². The number of hydrogen-bond donors (Lipinski definition) is 2. The van der Waals surface area contributed by atoms with Gasteiger partial charge in [0.2, 0.25) is 10.0 Å². The maximum absolute atomic E-state index is 11.9. The summed E-state index contributed by atoms with van der Waals surface area (Å²) < 4.78 is 31.0. The molecule has 1 aromatic rings. The first-order valence-corrected chi connectivity index (χ1v) is 6.55. The highest BCUT2D eigenvalue weighted by Crippen LogP contribution is 2.18. The van der Waals surface area contributed by atoms with Crippen LogP contribution in [0.3, 0.4) is 0 Å². The molecule has 0 aliphatic rings. The van der Waals surface area contributed by atoms with E-state index in [0.717, 1.165) is 0 Å². The average molecular weight is 247 g/mol. The van der Waals surface area contributed by atoms with Crippen LogP contribution in [0.5, 0.6) is 0 Å². The van der Waals surface area contributed by atoms with Crippen molar-refractivity contribution in [3.8, 4) is 0 Å². The van der Waals surface area contributed by atoms with Crippen LogP contribution in [-0.2, 0) is 10.0 Å². The fourth-order valence-corrected chi connectivity index (χ4v) is 2.71. The van der Waals surface area contributed by atoms with Gasteiger partial charge in [0.05, 0.1) is 0 Å². The first kappa shape index (κ1) is 13.1. The summed E-state index contributed by atoms with van der Waals surface area (Å²) in [6.45, 7) is 5.26. The van der Waals surface area contributed by atoms with Crippen molar-refractivity contribution in [2.45, 2.75) is 38.1 Å². The summed E-state index contributed by atoms with van der Waals surface area (Å²) in [5.41, 5.74) is 6.00. The molecular formula is C9H17N3O3S. The number of sulfonamides is 1. The zero-order valence-electron chi connectivity index (χ0n) is 9.65. The number of nitrogens with one attached hydrogen (secondary N) is 1. The normalized spacial score (nSPS) is 14.0. The molecule has 1 aromatic heterocycles. The first-order valence-electron chi connectivity index (χ1n) is 5.06. The topological polar surface area (TPSA) is 98.2 Å². The molecule has 7 heteroatoms. The van der Waals surface area contributed by atoms with Gasteiger partial charge < -0.3 is 10.3 Å². The van der Waals surface area contributed by atoms with E-state index in [1.165, 1.54) is 0 Å². The van der Waals surface area contributed by atoms with Crippen molar-refractivity contribution in [1.82, 2.24) is 9.88 Å². The third-order valence-corrected chi connectivity index (χ3v) is 3.96. The summed E-state index contributed by atoms with van der Waals surface area (Å²) in [5.74, 6) is 0.287. The van der Waals surface area contributed by atoms with Crippen LogP contribution in [0.15, 0.2) is 9.42 Å². The lowest BCUT2D eigenvalue weighted by molar-refractivity contribution is 0.390. The summed E-state index contributed by atoms with van der Waals surface area (Å²) in [5, 5.41) is 3.60. The fourth-order valence-electron chi connectivity index (χ4n) is 1.29. The monoisotopic (exact) mass is 247 g/mol. The second kappa shape index (κ2) is 4.94. The van der Waals surface area contributed by atoms with E-state index in [1.54, 1.807) is 13.8 Å². The van der Waals surface area contributed by atoms with Gasteiger partial charge in [0.1, 0.15) is 10.6 Å². The van der Waals surface area contributed by atoms with Crippen LogP contribution in [-0.4, -0.2) is 26.2 Å². The van der Waals surface area contributed by atoms with Crippen LogP contribution >= 0.6 is 0 Å². The highest BCUT2D eigenvalue weighted by Gasteiger charge is 2.24. The average Bonchev–Trinajstić information content (AvgIpc) is 2.55. The number of hydrogen-bond acceptors (Lipinski definition) is 5. The molecule has 0 aromatic carbocycles. The van der Waals surface area contributed by atoms with Crippen molar-refractivity contribution in [1.29, 1.82) is 0 Å². The van der Waals surface area contributed by atoms with Gasteiger partial charge >= 0.3 is 0 Å². The molecule has 0 saturated heterocycles. The van der Waals surface area contributed by atoms with Crippen LogP contribution < -0.4 is 10.5 Å². The highest BCUT2D eigenvalue weighted by atomic mass is 32.2. The van der Waals surface area contributed by atoms with Gasteiger partial charge in [0.25, 0.3) is 0 Å². The lowest BCUT2D eigenvalue weighted by Crippen LogP contribution is -2.37. The van der Waals surface area contributed by atoms with Crippen molar-refractivity contribution in [2.24, 2.45) is 5.73 Å². The second-order valence-corrected chi connectivity index (χ2v) is 5.38. The van der Waals surface area contributed by atoms with Crippen LogP contribution in [0.4, 0.5) is 0 Å². The molecule has 0 spiro atoms. The van der Waals surface area contributed by atoms with Crippen LogP contribution in [0.25, 0.3) is 0 Å². The molecule has 16 heavy (non-hydrogen) atoms. The van der Waals surface area contributed by atoms with Crippen molar-refractivity contribution in [3.63, 3.8) is 0 Å². The minimum absolute atomic E-state index is 0.107. The third kappa shape index (κ3) is 2.81. The quantitative estimate of drug-likeness (QED) is 0.780. The molecule has 0 radical (unpaired) electrons. The Labute approximate surface area is 95.2 Å². The smallest absolute Gasteiger partial charge is 0.246 e. The van der Waals surface area contributed by atoms with E-state index in [2.05, 4.69) is 9.88 Å². The van der Waals surface area contributed by atoms with E-state index < -0.39 is 10.0 Å². The van der Waals surface area contributed by atoms with Gasteiger partial charge in [-0.05, 0) is 20.3 Å². The van der Waals surface area contributed by atoms with E-state index in [9.17, 15) is 8.42 Å². The SMILES string of the molecule is CCC(N)CNS(=O)(=O)c1c(C)noc1C. The van der Waals surface area contributed by atoms with Gasteiger partial charge in [-0.1, -0.05) is 12.1 Å². The summed E-state index contributed by atoms with van der Waals surface area (Å²) in [6.07, 6.45) is 0.712. The molecule has 0 fully saturated rings. The predicted octanol–water partition coefficient (Wildman–Crippen LogP) is 0.307. The first-order chi connectivity index (χ1) is 7.38. The van der Waals surface area contributed by atoms with Crippen molar-refractivity contribution in [2.75, 3.05) is 6.54 Å². The maximum Gasteiger partial charge on any atom is 0.246 e. The Morgan fingerprint density at radius 3 is 2.56 bits per heavy atom. The fraction of sp³-hybridized carbons (Fsp3) is 0.667. The zero-order chi connectivity index (χ0) is 12.3. The standard InChI is InChI=1S/C9H17N3O3S/c1-4-8(10)5-11-16(13,14)9-6(2)12-15-7(9)3/h8,11H,4-5,10H2,1-3H3. The lowest BCUT2D eigenvalue weighted by Gasteiger charge is -2.10. The van der Waals surface area contributed by atoms with Crippen molar-refractivity contribution >= 4 is 10.0 Å². The largest absolute Gasteiger partial charge is 0.360 e. The molecule has 1 rings (SSSR count). The summed E-state index contributed by atoms with van der Waals surface area (Å²) >= 11 is 0. The van der Waals surface area contributed by atoms with E-state index in [1.807, 2.05) is 6.92 Å². The minimum Gasteiger partial charge on any atom is -0.360 e. The second-order valence-electron chi connectivity index (χ2n) is 3.67. The Kier molecular flexibility index (Phi) is 4.06. The van der Waals surface area contributed by atoms with E-state index in [-0.39, 0.29) is 23.2 Å². The summed E-state index contributed by atoms with van der Waals surface area (Å²) in [4.78, 5) is 0.107. The summed E-state index contributed by atoms with van der Waals surface area (Å²) in [7, 11) is -3.57. The van der Waals surface area contributed by atoms with Crippen LogP contribution in [0.1, 0.15) is 24.8 Å². The molecule has 1 unspecified atom stereocenters. The van der Waals surface area contributed by atoms with Crippen LogP contribution in [0.2, 0.25) is 0 Å². The zero-order valence-corrected chi connectivity index (χ0v) is 10.5. The molecule has 0 saturated carbocycles. The molecule has 3 N–H and O–H groups in total. The summed E-state index contributed by atoms with van der Waals surface area (Å²) in [6, 6.07) is -0.185. The predicted molar refractivity (Wildman–Crippen MR) is 59.4 cm³/mol. The number of nitrogens with two attached hydrogens (primary N) is 1. The molecule has 1 atom stereocenters. The third-order valence-electron chi connectivity index (χ3n) is 2.30. The van der Waals surface area contributed by atoms with Gasteiger partial charge in [-0.15, -0.1) is 0 Å². The Morgan fingerprint density at radius 1 is 1.50 bits per heavy atom. The Morgan fingerprint density at radius 2 is 2.12 bits per heavy atom. The van der Waals surface area contributed by atoms with Crippen molar-refractivity contribution in [3.05, 3.63) is 11.5 Å².